The zero-order valence-corrected chi connectivity index (χ0v) is 19.6. The molecular weight excluding hydrogens is 483 g/mol. The molecule has 1 heterocycles. The highest BCUT2D eigenvalue weighted by Gasteiger charge is 2.24. The van der Waals surface area contributed by atoms with Gasteiger partial charge in [-0.25, -0.2) is 0 Å². The summed E-state index contributed by atoms with van der Waals surface area (Å²) in [4.78, 5) is 8.62. The molecule has 1 aliphatic rings. The van der Waals surface area contributed by atoms with Crippen molar-refractivity contribution >= 4 is 41.7 Å². The Morgan fingerprint density at radius 1 is 1.21 bits per heavy atom. The average molecular weight is 512 g/mol. The van der Waals surface area contributed by atoms with Gasteiger partial charge in [0, 0.05) is 31.1 Å². The van der Waals surface area contributed by atoms with Gasteiger partial charge in [0.1, 0.15) is 12.4 Å². The van der Waals surface area contributed by atoms with Crippen LogP contribution < -0.4 is 15.4 Å². The molecule has 1 fully saturated rings. The van der Waals surface area contributed by atoms with Crippen molar-refractivity contribution in [1.29, 1.82) is 0 Å². The second-order valence-corrected chi connectivity index (χ2v) is 7.83. The van der Waals surface area contributed by atoms with Gasteiger partial charge >= 0.3 is 0 Å². The first-order valence-electron chi connectivity index (χ1n) is 9.38. The van der Waals surface area contributed by atoms with Gasteiger partial charge in [0.2, 0.25) is 0 Å². The summed E-state index contributed by atoms with van der Waals surface area (Å²) in [5.74, 6) is 1.72. The van der Waals surface area contributed by atoms with Crippen molar-refractivity contribution < 1.29 is 4.74 Å². The number of benzene rings is 1. The van der Waals surface area contributed by atoms with Crippen molar-refractivity contribution in [1.82, 2.24) is 15.6 Å². The Morgan fingerprint density at radius 3 is 2.68 bits per heavy atom. The summed E-state index contributed by atoms with van der Waals surface area (Å²) in [6, 6.07) is 14.5. The second kappa shape index (κ2) is 12.2. The summed E-state index contributed by atoms with van der Waals surface area (Å²) in [6.45, 7) is 1.21. The number of hydrogen-bond donors (Lipinski definition) is 2. The molecule has 0 saturated heterocycles. The molecule has 5 nitrogen and oxygen atoms in total. The third-order valence-corrected chi connectivity index (χ3v) is 5.87. The van der Waals surface area contributed by atoms with E-state index in [1.807, 2.05) is 49.1 Å². The van der Waals surface area contributed by atoms with E-state index >= 15 is 0 Å². The number of nitrogens with one attached hydrogen (secondary N) is 2. The maximum atomic E-state index is 5.78. The molecule has 2 unspecified atom stereocenters. The molecule has 0 aliphatic heterocycles. The van der Waals surface area contributed by atoms with Gasteiger partial charge in [0.15, 0.2) is 5.96 Å². The first kappa shape index (κ1) is 22.8. The van der Waals surface area contributed by atoms with E-state index in [0.29, 0.717) is 12.6 Å². The molecule has 2 N–H and O–H groups in total. The average Bonchev–Trinajstić information content (AvgIpc) is 3.19. The lowest BCUT2D eigenvalue weighted by atomic mass is 10.2. The van der Waals surface area contributed by atoms with Gasteiger partial charge in [-0.2, -0.15) is 11.8 Å². The predicted octanol–water partition coefficient (Wildman–Crippen LogP) is 4.23. The zero-order chi connectivity index (χ0) is 18.9. The number of guanidine groups is 1. The van der Waals surface area contributed by atoms with Crippen LogP contribution >= 0.6 is 35.7 Å². The van der Waals surface area contributed by atoms with Crippen molar-refractivity contribution in [2.24, 2.45) is 4.99 Å². The summed E-state index contributed by atoms with van der Waals surface area (Å²) in [5.41, 5.74) is 2.12. The summed E-state index contributed by atoms with van der Waals surface area (Å²) < 4.78 is 5.78. The van der Waals surface area contributed by atoms with E-state index in [-0.39, 0.29) is 24.0 Å². The zero-order valence-electron chi connectivity index (χ0n) is 16.4. The Kier molecular flexibility index (Phi) is 9.91. The van der Waals surface area contributed by atoms with E-state index in [0.717, 1.165) is 29.2 Å². The van der Waals surface area contributed by atoms with Gasteiger partial charge < -0.3 is 15.4 Å². The SMILES string of the molecule is CN=C(NCc1ccc(OCc2ccccn2)cc1)NC1CCC(SC)C1.I. The second-order valence-electron chi connectivity index (χ2n) is 6.69. The highest BCUT2D eigenvalue weighted by molar-refractivity contribution is 14.0. The van der Waals surface area contributed by atoms with E-state index in [4.69, 9.17) is 4.74 Å². The maximum absolute atomic E-state index is 5.78. The molecule has 1 aliphatic carbocycles. The van der Waals surface area contributed by atoms with Gasteiger partial charge in [0.25, 0.3) is 0 Å². The Morgan fingerprint density at radius 2 is 2.04 bits per heavy atom. The van der Waals surface area contributed by atoms with Crippen LogP contribution in [0.5, 0.6) is 5.75 Å². The molecular formula is C21H29IN4OS. The molecule has 0 spiro atoms. The Balaban J connectivity index is 0.00000280. The van der Waals surface area contributed by atoms with Gasteiger partial charge in [-0.15, -0.1) is 24.0 Å². The highest BCUT2D eigenvalue weighted by atomic mass is 127. The van der Waals surface area contributed by atoms with Crippen LogP contribution in [0, 0.1) is 0 Å². The maximum Gasteiger partial charge on any atom is 0.191 e. The third-order valence-electron chi connectivity index (χ3n) is 4.78. The molecule has 1 aromatic carbocycles. The lowest BCUT2D eigenvalue weighted by molar-refractivity contribution is 0.301. The molecule has 7 heteroatoms. The largest absolute Gasteiger partial charge is 0.487 e. The first-order valence-corrected chi connectivity index (χ1v) is 10.7. The molecule has 2 aromatic rings. The number of hydrogen-bond acceptors (Lipinski definition) is 4. The number of thioether (sulfide) groups is 1. The minimum absolute atomic E-state index is 0. The lowest BCUT2D eigenvalue weighted by Gasteiger charge is -2.17. The molecule has 0 amide bonds. The van der Waals surface area contributed by atoms with Gasteiger partial charge in [-0.3, -0.25) is 9.98 Å². The van der Waals surface area contributed by atoms with E-state index in [9.17, 15) is 0 Å². The van der Waals surface area contributed by atoms with Crippen LogP contribution in [-0.4, -0.2) is 35.5 Å². The number of halogens is 1. The topological polar surface area (TPSA) is 58.5 Å². The van der Waals surface area contributed by atoms with Crippen LogP contribution in [0.2, 0.25) is 0 Å². The fraction of sp³-hybridized carbons (Fsp3) is 0.429. The minimum atomic E-state index is 0. The number of aromatic nitrogens is 1. The van der Waals surface area contributed by atoms with Gasteiger partial charge in [-0.1, -0.05) is 18.2 Å². The number of ether oxygens (including phenoxy) is 1. The lowest BCUT2D eigenvalue weighted by Crippen LogP contribution is -2.42. The van der Waals surface area contributed by atoms with E-state index in [2.05, 4.69) is 39.0 Å². The van der Waals surface area contributed by atoms with Crippen molar-refractivity contribution in [2.45, 2.75) is 43.7 Å². The van der Waals surface area contributed by atoms with Crippen LogP contribution in [0.25, 0.3) is 0 Å². The first-order chi connectivity index (χ1) is 13.3. The molecule has 2 atom stereocenters. The molecule has 1 aromatic heterocycles. The summed E-state index contributed by atoms with van der Waals surface area (Å²) >= 11 is 1.97. The number of pyridine rings is 1. The number of nitrogens with zero attached hydrogens (tertiary/aromatic N) is 2. The normalized spacial score (nSPS) is 19.0. The van der Waals surface area contributed by atoms with Crippen LogP contribution in [0.1, 0.15) is 30.5 Å². The van der Waals surface area contributed by atoms with Crippen molar-refractivity contribution in [3.63, 3.8) is 0 Å². The molecule has 3 rings (SSSR count). The standard InChI is InChI=1S/C21H28N4OS.HI/c1-22-21(25-17-8-11-20(13-17)27-2)24-14-16-6-9-19(10-7-16)26-15-18-5-3-4-12-23-18;/h3-7,9-10,12,17,20H,8,11,13-15H2,1-2H3,(H2,22,24,25);1H. The van der Waals surface area contributed by atoms with Crippen molar-refractivity contribution in [2.75, 3.05) is 13.3 Å². The minimum Gasteiger partial charge on any atom is -0.487 e. The Labute approximate surface area is 189 Å². The Bertz CT molecular complexity index is 727. The van der Waals surface area contributed by atoms with Gasteiger partial charge in [-0.05, 0) is 55.3 Å². The monoisotopic (exact) mass is 512 g/mol. The molecule has 1 saturated carbocycles. The molecule has 0 bridgehead atoms. The third kappa shape index (κ3) is 7.16. The predicted molar refractivity (Wildman–Crippen MR) is 129 cm³/mol. The number of rotatable bonds is 7. The highest BCUT2D eigenvalue weighted by Crippen LogP contribution is 2.28. The van der Waals surface area contributed by atoms with E-state index in [1.165, 1.54) is 24.8 Å². The summed E-state index contributed by atoms with van der Waals surface area (Å²) in [6.07, 6.45) is 7.69. The van der Waals surface area contributed by atoms with Crippen LogP contribution in [0.15, 0.2) is 53.7 Å². The van der Waals surface area contributed by atoms with Crippen molar-refractivity contribution in [3.8, 4) is 5.75 Å². The van der Waals surface area contributed by atoms with Crippen LogP contribution in [0.4, 0.5) is 0 Å². The van der Waals surface area contributed by atoms with E-state index in [1.54, 1.807) is 6.20 Å². The quantitative estimate of drug-likeness (QED) is 0.331. The fourth-order valence-electron chi connectivity index (χ4n) is 3.20. The molecule has 152 valence electrons. The van der Waals surface area contributed by atoms with Gasteiger partial charge in [0.05, 0.1) is 5.69 Å². The summed E-state index contributed by atoms with van der Waals surface area (Å²) in [7, 11) is 1.82. The fourth-order valence-corrected chi connectivity index (χ4v) is 4.00. The summed E-state index contributed by atoms with van der Waals surface area (Å²) in [5, 5.41) is 7.73. The Hall–Kier alpha value is -1.48. The number of aliphatic imine (C=N–C) groups is 1. The van der Waals surface area contributed by atoms with Crippen LogP contribution in [0.3, 0.4) is 0 Å². The molecule has 28 heavy (non-hydrogen) atoms. The van der Waals surface area contributed by atoms with E-state index < -0.39 is 0 Å². The molecule has 0 radical (unpaired) electrons. The van der Waals surface area contributed by atoms with Crippen molar-refractivity contribution in [3.05, 3.63) is 59.9 Å². The van der Waals surface area contributed by atoms with Crippen LogP contribution in [-0.2, 0) is 13.2 Å². The smallest absolute Gasteiger partial charge is 0.191 e.